The van der Waals surface area contributed by atoms with Crippen LogP contribution in [0.15, 0.2) is 6.33 Å². The Balaban J connectivity index is 1.91. The van der Waals surface area contributed by atoms with Crippen molar-refractivity contribution in [1.82, 2.24) is 24.4 Å². The van der Waals surface area contributed by atoms with Crippen molar-refractivity contribution in [2.75, 3.05) is 25.9 Å². The highest BCUT2D eigenvalue weighted by molar-refractivity contribution is 7.89. The second-order valence-electron chi connectivity index (χ2n) is 4.40. The first-order valence-corrected chi connectivity index (χ1v) is 7.73. The molecular weight excluding hydrogens is 254 g/mol. The van der Waals surface area contributed by atoms with Gasteiger partial charge >= 0.3 is 0 Å². The molecule has 0 amide bonds. The first kappa shape index (κ1) is 13.4. The van der Waals surface area contributed by atoms with Crippen LogP contribution >= 0.6 is 0 Å². The number of aromatic nitrogens is 3. The highest BCUT2D eigenvalue weighted by atomic mass is 32.2. The lowest BCUT2D eigenvalue weighted by Crippen LogP contribution is -2.39. The summed E-state index contributed by atoms with van der Waals surface area (Å²) in [6.45, 7) is 2.34. The van der Waals surface area contributed by atoms with Crippen molar-refractivity contribution in [3.8, 4) is 0 Å². The van der Waals surface area contributed by atoms with Crippen LogP contribution in [0.2, 0.25) is 0 Å². The third-order valence-corrected chi connectivity index (χ3v) is 4.98. The van der Waals surface area contributed by atoms with E-state index in [2.05, 4.69) is 15.5 Å². The Labute approximate surface area is 107 Å². The summed E-state index contributed by atoms with van der Waals surface area (Å²) in [5.41, 5.74) is 0. The number of sulfonamides is 1. The number of nitrogens with one attached hydrogen (secondary N) is 1. The topological polar surface area (TPSA) is 80.1 Å². The van der Waals surface area contributed by atoms with Crippen LogP contribution in [0.1, 0.15) is 18.7 Å². The van der Waals surface area contributed by atoms with Gasteiger partial charge in [0.1, 0.15) is 12.2 Å². The van der Waals surface area contributed by atoms with E-state index < -0.39 is 10.0 Å². The Morgan fingerprint density at radius 2 is 2.22 bits per heavy atom. The molecule has 0 radical (unpaired) electrons. The molecule has 0 aliphatic carbocycles. The predicted molar refractivity (Wildman–Crippen MR) is 67.4 cm³/mol. The van der Waals surface area contributed by atoms with Gasteiger partial charge in [-0.15, -0.1) is 10.2 Å². The minimum absolute atomic E-state index is 0.211. The van der Waals surface area contributed by atoms with Crippen LogP contribution in [0, 0.1) is 0 Å². The number of hydrogen-bond donors (Lipinski definition) is 1. The fourth-order valence-electron chi connectivity index (χ4n) is 2.00. The van der Waals surface area contributed by atoms with Gasteiger partial charge in [-0.05, 0) is 26.4 Å². The Bertz CT molecular complexity index is 484. The Hall–Kier alpha value is -0.990. The lowest BCUT2D eigenvalue weighted by molar-refractivity contribution is 0.335. The van der Waals surface area contributed by atoms with Crippen molar-refractivity contribution in [3.63, 3.8) is 0 Å². The maximum absolute atomic E-state index is 12.1. The summed E-state index contributed by atoms with van der Waals surface area (Å²) in [6, 6.07) is 0. The molecule has 1 aliphatic heterocycles. The monoisotopic (exact) mass is 273 g/mol. The third-order valence-electron chi connectivity index (χ3n) is 3.08. The summed E-state index contributed by atoms with van der Waals surface area (Å²) in [5.74, 6) is 0.933. The van der Waals surface area contributed by atoms with E-state index in [1.807, 2.05) is 11.6 Å². The van der Waals surface area contributed by atoms with Gasteiger partial charge in [-0.3, -0.25) is 0 Å². The summed E-state index contributed by atoms with van der Waals surface area (Å²) >= 11 is 0. The molecule has 2 rings (SSSR count). The van der Waals surface area contributed by atoms with Crippen LogP contribution in [0.4, 0.5) is 0 Å². The second kappa shape index (κ2) is 5.77. The molecule has 1 aliphatic rings. The zero-order valence-electron chi connectivity index (χ0n) is 10.5. The molecule has 0 unspecified atom stereocenters. The minimum Gasteiger partial charge on any atom is -0.320 e. The van der Waals surface area contributed by atoms with Crippen molar-refractivity contribution in [3.05, 3.63) is 12.2 Å². The second-order valence-corrected chi connectivity index (χ2v) is 6.49. The van der Waals surface area contributed by atoms with E-state index in [-0.39, 0.29) is 5.75 Å². The average molecular weight is 273 g/mol. The summed E-state index contributed by atoms with van der Waals surface area (Å²) in [5, 5.41) is 10.7. The smallest absolute Gasteiger partial charge is 0.214 e. The largest absolute Gasteiger partial charge is 0.320 e. The Kier molecular flexibility index (Phi) is 4.31. The molecule has 8 heteroatoms. The van der Waals surface area contributed by atoms with Gasteiger partial charge in [-0.1, -0.05) is 0 Å². The molecule has 0 fully saturated rings. The molecule has 1 aromatic heterocycles. The zero-order valence-corrected chi connectivity index (χ0v) is 11.4. The molecule has 0 bridgehead atoms. The molecule has 0 spiro atoms. The maximum atomic E-state index is 12.1. The number of nitrogens with zero attached hydrogens (tertiary/aromatic N) is 4. The molecule has 18 heavy (non-hydrogen) atoms. The lowest BCUT2D eigenvalue weighted by Gasteiger charge is -2.26. The normalized spacial score (nSPS) is 16.7. The van der Waals surface area contributed by atoms with Crippen LogP contribution in [-0.4, -0.2) is 53.4 Å². The highest BCUT2D eigenvalue weighted by Crippen LogP contribution is 2.14. The molecule has 0 saturated heterocycles. The fourth-order valence-corrected chi connectivity index (χ4v) is 3.50. The van der Waals surface area contributed by atoms with Gasteiger partial charge < -0.3 is 9.88 Å². The van der Waals surface area contributed by atoms with E-state index in [0.717, 1.165) is 18.8 Å². The molecule has 0 aromatic carbocycles. The van der Waals surface area contributed by atoms with Gasteiger partial charge in [0, 0.05) is 13.1 Å². The van der Waals surface area contributed by atoms with E-state index in [1.165, 1.54) is 4.31 Å². The summed E-state index contributed by atoms with van der Waals surface area (Å²) in [7, 11) is -1.29. The van der Waals surface area contributed by atoms with Crippen LogP contribution in [0.5, 0.6) is 0 Å². The quantitative estimate of drug-likeness (QED) is 0.702. The molecule has 1 aromatic rings. The van der Waals surface area contributed by atoms with Crippen molar-refractivity contribution in [2.45, 2.75) is 25.9 Å². The van der Waals surface area contributed by atoms with Gasteiger partial charge in [0.25, 0.3) is 0 Å². The molecule has 7 nitrogen and oxygen atoms in total. The van der Waals surface area contributed by atoms with E-state index in [1.54, 1.807) is 6.33 Å². The summed E-state index contributed by atoms with van der Waals surface area (Å²) < 4.78 is 27.7. The number of hydrogen-bond acceptors (Lipinski definition) is 5. The van der Waals surface area contributed by atoms with Crippen molar-refractivity contribution in [2.24, 2.45) is 0 Å². The van der Waals surface area contributed by atoms with E-state index in [0.29, 0.717) is 26.1 Å². The van der Waals surface area contributed by atoms with Gasteiger partial charge in [0.2, 0.25) is 10.0 Å². The highest BCUT2D eigenvalue weighted by Gasteiger charge is 2.27. The maximum Gasteiger partial charge on any atom is 0.214 e. The number of rotatable bonds is 6. The van der Waals surface area contributed by atoms with Crippen LogP contribution in [-0.2, 0) is 23.1 Å². The molecule has 0 saturated carbocycles. The van der Waals surface area contributed by atoms with Crippen molar-refractivity contribution in [1.29, 1.82) is 0 Å². The van der Waals surface area contributed by atoms with E-state index >= 15 is 0 Å². The Morgan fingerprint density at radius 3 is 3.00 bits per heavy atom. The standard InChI is InChI=1S/C10H19N5O2S/c1-11-4-2-3-7-18(16,17)15-6-5-14-9-12-13-10(14)8-15/h9,11H,2-8H2,1H3. The summed E-state index contributed by atoms with van der Waals surface area (Å²) in [6.07, 6.45) is 3.21. The minimum atomic E-state index is -3.16. The van der Waals surface area contributed by atoms with Gasteiger partial charge in [-0.2, -0.15) is 4.31 Å². The first-order chi connectivity index (χ1) is 8.63. The SMILES string of the molecule is CNCCCCS(=O)(=O)N1CCn2cnnc2C1. The van der Waals surface area contributed by atoms with Gasteiger partial charge in [-0.25, -0.2) is 8.42 Å². The van der Waals surface area contributed by atoms with Crippen molar-refractivity contribution < 1.29 is 8.42 Å². The van der Waals surface area contributed by atoms with E-state index in [4.69, 9.17) is 0 Å². The first-order valence-electron chi connectivity index (χ1n) is 6.12. The predicted octanol–water partition coefficient (Wildman–Crippen LogP) is -0.577. The van der Waals surface area contributed by atoms with E-state index in [9.17, 15) is 8.42 Å². The van der Waals surface area contributed by atoms with Crippen molar-refractivity contribution >= 4 is 10.0 Å². The molecule has 0 atom stereocenters. The summed E-state index contributed by atoms with van der Waals surface area (Å²) in [4.78, 5) is 0. The number of unbranched alkanes of at least 4 members (excludes halogenated alkanes) is 1. The number of fused-ring (bicyclic) bond motifs is 1. The molecule has 1 N–H and O–H groups in total. The van der Waals surface area contributed by atoms with Gasteiger partial charge in [0.05, 0.1) is 12.3 Å². The third kappa shape index (κ3) is 3.06. The Morgan fingerprint density at radius 1 is 1.39 bits per heavy atom. The van der Waals surface area contributed by atoms with Crippen LogP contribution in [0.25, 0.3) is 0 Å². The average Bonchev–Trinajstić information content (AvgIpc) is 2.82. The van der Waals surface area contributed by atoms with Gasteiger partial charge in [0.15, 0.2) is 0 Å². The lowest BCUT2D eigenvalue weighted by atomic mass is 10.3. The molecule has 102 valence electrons. The zero-order chi connectivity index (χ0) is 13.0. The fraction of sp³-hybridized carbons (Fsp3) is 0.800. The molecular formula is C10H19N5O2S. The van der Waals surface area contributed by atoms with Crippen LogP contribution < -0.4 is 5.32 Å². The molecule has 2 heterocycles. The van der Waals surface area contributed by atoms with Crippen LogP contribution in [0.3, 0.4) is 0 Å².